The minimum absolute atomic E-state index is 0.0866. The summed E-state index contributed by atoms with van der Waals surface area (Å²) in [5.41, 5.74) is -0.780. The summed E-state index contributed by atoms with van der Waals surface area (Å²) in [6.07, 6.45) is 36.6. The summed E-state index contributed by atoms with van der Waals surface area (Å²) in [5, 5.41) is 0. The zero-order chi connectivity index (χ0) is 64.1. The quantitative estimate of drug-likeness (QED) is 0.114. The maximum absolute atomic E-state index is 13.2. The molecule has 17 saturated carbocycles. The Balaban J connectivity index is 0.000000107. The summed E-state index contributed by atoms with van der Waals surface area (Å²) in [7, 11) is 0. The summed E-state index contributed by atoms with van der Waals surface area (Å²) >= 11 is 0. The first-order valence-corrected chi connectivity index (χ1v) is 40.2. The first-order valence-electron chi connectivity index (χ1n) is 40.2. The van der Waals surface area contributed by atoms with Gasteiger partial charge in [-0.3, -0.25) is 19.2 Å². The molecule has 17 aliphatic rings. The van der Waals surface area contributed by atoms with Crippen LogP contribution in [0.3, 0.4) is 0 Å². The van der Waals surface area contributed by atoms with E-state index in [1.807, 2.05) is 0 Å². The predicted molar refractivity (Wildman–Crippen MR) is 360 cm³/mol. The molecule has 14 bridgehead atoms. The highest BCUT2D eigenvalue weighted by molar-refractivity contribution is 5.76. The van der Waals surface area contributed by atoms with Crippen LogP contribution in [0.5, 0.6) is 0 Å². The molecule has 0 saturated heterocycles. The Hall–Kier alpha value is -2.12. The lowest BCUT2D eigenvalue weighted by molar-refractivity contribution is -0.175. The van der Waals surface area contributed by atoms with E-state index < -0.39 is 0 Å². The molecule has 32 unspecified atom stereocenters. The second-order valence-electron chi connectivity index (χ2n) is 38.7. The molecule has 0 aromatic heterocycles. The number of rotatable bonds is 11. The molecule has 32 atom stereocenters. The van der Waals surface area contributed by atoms with E-state index in [0.717, 1.165) is 158 Å². The minimum Gasteiger partial charge on any atom is -0.459 e. The topological polar surface area (TPSA) is 105 Å². The van der Waals surface area contributed by atoms with E-state index in [0.29, 0.717) is 59.2 Å². The molecule has 0 amide bonds. The number of hydrogen-bond acceptors (Lipinski definition) is 8. The van der Waals surface area contributed by atoms with Crippen LogP contribution in [0.25, 0.3) is 0 Å². The first-order chi connectivity index (χ1) is 43.3. The van der Waals surface area contributed by atoms with E-state index in [1.165, 1.54) is 135 Å². The third-order valence-corrected chi connectivity index (χ3v) is 34.3. The van der Waals surface area contributed by atoms with Crippen LogP contribution in [0.2, 0.25) is 0 Å². The Morgan fingerprint density at radius 2 is 0.879 bits per heavy atom. The van der Waals surface area contributed by atoms with Gasteiger partial charge in [0.25, 0.3) is 0 Å². The van der Waals surface area contributed by atoms with Crippen LogP contribution in [-0.4, -0.2) is 46.3 Å². The molecule has 17 fully saturated rings. The zero-order valence-electron chi connectivity index (χ0n) is 60.2. The fourth-order valence-corrected chi connectivity index (χ4v) is 28.6. The SMILES string of the molecule is CC1C2CC(C(=O)OC(C)(C)C3CC4CC3C3C5CCC(C5)C43)C(C2)C1C.CC1C2CC(C(=O)OC3(C)CCCCC3)C(C2)C1C.CC1CC2C3CC(CC3C(=O)OC(C)(C)C3CCCCC3)C2C1C.CCC1(OC(=O)C2CC3CC2C(C)C3C)CC2CCC1C2. The summed E-state index contributed by atoms with van der Waals surface area (Å²) in [5.74, 6) is 23.4. The maximum atomic E-state index is 13.2. The van der Waals surface area contributed by atoms with Gasteiger partial charge in [-0.15, -0.1) is 0 Å². The van der Waals surface area contributed by atoms with Gasteiger partial charge in [0.05, 0.1) is 23.7 Å². The largest absolute Gasteiger partial charge is 0.459 e. The van der Waals surface area contributed by atoms with Crippen molar-refractivity contribution in [2.75, 3.05) is 0 Å². The van der Waals surface area contributed by atoms with Crippen LogP contribution < -0.4 is 0 Å². The molecule has 0 heterocycles. The molecular weight excluding hydrogens is 1120 g/mol. The van der Waals surface area contributed by atoms with Crippen molar-refractivity contribution < 1.29 is 38.1 Å². The molecule has 8 heteroatoms. The molecule has 0 radical (unpaired) electrons. The van der Waals surface area contributed by atoms with Crippen molar-refractivity contribution in [2.45, 2.75) is 306 Å². The van der Waals surface area contributed by atoms with E-state index in [-0.39, 0.29) is 70.0 Å². The Labute approximate surface area is 554 Å². The van der Waals surface area contributed by atoms with Crippen LogP contribution >= 0.6 is 0 Å². The number of carbonyl (C=O) groups is 4. The fourth-order valence-electron chi connectivity index (χ4n) is 28.6. The van der Waals surface area contributed by atoms with Crippen molar-refractivity contribution in [1.82, 2.24) is 0 Å². The summed E-state index contributed by atoms with van der Waals surface area (Å²) in [6, 6.07) is 0. The molecule has 0 aromatic carbocycles. The molecule has 91 heavy (non-hydrogen) atoms. The van der Waals surface area contributed by atoms with Gasteiger partial charge in [-0.25, -0.2) is 0 Å². The van der Waals surface area contributed by atoms with Crippen molar-refractivity contribution in [3.63, 3.8) is 0 Å². The minimum atomic E-state index is -0.269. The Morgan fingerprint density at radius 3 is 1.41 bits per heavy atom. The first kappa shape index (κ1) is 66.1. The molecular formula is C83H132O8. The number of fused-ring (bicyclic) bond motifs is 22. The molecule has 0 N–H and O–H groups in total. The second-order valence-corrected chi connectivity index (χ2v) is 38.7. The van der Waals surface area contributed by atoms with Gasteiger partial charge < -0.3 is 18.9 Å². The molecule has 0 spiro atoms. The van der Waals surface area contributed by atoms with E-state index >= 15 is 0 Å². The van der Waals surface area contributed by atoms with E-state index in [2.05, 4.69) is 96.9 Å². The molecule has 0 aromatic rings. The highest BCUT2D eigenvalue weighted by atomic mass is 16.6. The lowest BCUT2D eigenvalue weighted by Gasteiger charge is -2.45. The molecule has 0 aliphatic heterocycles. The van der Waals surface area contributed by atoms with Crippen molar-refractivity contribution in [3.8, 4) is 0 Å². The highest BCUT2D eigenvalue weighted by Crippen LogP contribution is 2.71. The van der Waals surface area contributed by atoms with Gasteiger partial charge in [-0.1, -0.05) is 88.0 Å². The van der Waals surface area contributed by atoms with Gasteiger partial charge in [0.1, 0.15) is 22.4 Å². The monoisotopic (exact) mass is 1260 g/mol. The van der Waals surface area contributed by atoms with Crippen molar-refractivity contribution in [1.29, 1.82) is 0 Å². The van der Waals surface area contributed by atoms with Gasteiger partial charge >= 0.3 is 23.9 Å². The highest BCUT2D eigenvalue weighted by Gasteiger charge is 2.66. The summed E-state index contributed by atoms with van der Waals surface area (Å²) in [6.45, 7) is 32.2. The third kappa shape index (κ3) is 11.6. The average molecular weight is 1260 g/mol. The number of hydrogen-bond donors (Lipinski definition) is 0. The molecule has 512 valence electrons. The van der Waals surface area contributed by atoms with E-state index in [1.54, 1.807) is 0 Å². The Bertz CT molecular complexity index is 2640. The number of esters is 4. The van der Waals surface area contributed by atoms with Gasteiger partial charge in [-0.2, -0.15) is 0 Å². The lowest BCUT2D eigenvalue weighted by Crippen LogP contribution is -2.46. The summed E-state index contributed by atoms with van der Waals surface area (Å²) in [4.78, 5) is 51.6. The standard InChI is InChI=1S/C25H38O2.C22H36O2.C19H30O2.C17H28O2/c1-12-13(2)18-8-16(12)9-19(18)24(26)27-25(3,4)21-11-17-10-20(21)23-15-6-5-14(7-15)22(17)23;1-13-10-18-17-11-15(20(18)14(13)2)12-19(17)21(23)24-22(3,4)16-8-6-5-7-9-16;1-4-19(10-13-5-6-15(19)7-13)21-18(20)17-9-14-8-16(17)12(3)11(14)2;1-11-12(2)14-9-13(11)10-15(14)16(18)19-17(3)7-5-4-6-8-17/h12-23H,5-11H2,1-4H3;13-20H,5-12H2,1-4H3;11-17H,4-10H2,1-3H3;11-15H,4-10H2,1-3H3. The lowest BCUT2D eigenvalue weighted by atomic mass is 9.64. The fraction of sp³-hybridized carbons (Fsp3) is 0.952. The zero-order valence-corrected chi connectivity index (χ0v) is 60.2. The van der Waals surface area contributed by atoms with Gasteiger partial charge in [0.15, 0.2) is 0 Å². The Kier molecular flexibility index (Phi) is 18.2. The second kappa shape index (κ2) is 25.0. The van der Waals surface area contributed by atoms with Crippen LogP contribution in [0.15, 0.2) is 0 Å². The van der Waals surface area contributed by atoms with Crippen molar-refractivity contribution >= 4 is 23.9 Å². The summed E-state index contributed by atoms with van der Waals surface area (Å²) < 4.78 is 24.8. The van der Waals surface area contributed by atoms with Crippen molar-refractivity contribution in [3.05, 3.63) is 0 Å². The molecule has 17 rings (SSSR count). The molecule has 8 nitrogen and oxygen atoms in total. The number of carbonyl (C=O) groups excluding carboxylic acids is 4. The van der Waals surface area contributed by atoms with Crippen LogP contribution in [0.1, 0.15) is 283 Å². The van der Waals surface area contributed by atoms with Gasteiger partial charge in [0.2, 0.25) is 0 Å². The predicted octanol–water partition coefficient (Wildman–Crippen LogP) is 19.6. The Morgan fingerprint density at radius 1 is 0.396 bits per heavy atom. The maximum Gasteiger partial charge on any atom is 0.309 e. The van der Waals surface area contributed by atoms with Crippen LogP contribution in [-0.2, 0) is 38.1 Å². The van der Waals surface area contributed by atoms with Crippen molar-refractivity contribution in [2.24, 2.45) is 189 Å². The van der Waals surface area contributed by atoms with Crippen LogP contribution in [0.4, 0.5) is 0 Å². The number of ether oxygens (including phenoxy) is 4. The van der Waals surface area contributed by atoms with E-state index in [9.17, 15) is 19.2 Å². The van der Waals surface area contributed by atoms with Crippen LogP contribution in [0, 0.1) is 189 Å². The van der Waals surface area contributed by atoms with Gasteiger partial charge in [-0.05, 0) is 355 Å². The normalized spacial score (nSPS) is 50.8. The smallest absolute Gasteiger partial charge is 0.309 e. The van der Waals surface area contributed by atoms with Gasteiger partial charge in [0, 0.05) is 5.92 Å². The third-order valence-electron chi connectivity index (χ3n) is 34.3. The van der Waals surface area contributed by atoms with E-state index in [4.69, 9.17) is 18.9 Å². The molecule has 17 aliphatic carbocycles. The average Bonchev–Trinajstić information content (AvgIpc) is 1.55.